The largest absolute Gasteiger partial charge is 0.350 e. The first-order chi connectivity index (χ1) is 4.84. The van der Waals surface area contributed by atoms with Gasteiger partial charge in [0.25, 0.3) is 0 Å². The monoisotopic (exact) mass is 138 g/mol. The molecule has 10 heavy (non-hydrogen) atoms. The van der Waals surface area contributed by atoms with Gasteiger partial charge < -0.3 is 10.8 Å². The van der Waals surface area contributed by atoms with Gasteiger partial charge in [-0.25, -0.2) is 4.98 Å². The number of hydrogen-bond acceptors (Lipinski definition) is 3. The Morgan fingerprint density at radius 1 is 1.80 bits per heavy atom. The number of H-pyrrole nitrogens is 1. The van der Waals surface area contributed by atoms with Gasteiger partial charge in [-0.3, -0.25) is 5.41 Å². The lowest BCUT2D eigenvalue weighted by Crippen LogP contribution is -1.94. The molecule has 0 aliphatic carbocycles. The SMILES string of the molecule is N=C(N=NN)c1c[nH]cn1. The summed E-state index contributed by atoms with van der Waals surface area (Å²) in [7, 11) is 0. The highest BCUT2D eigenvalue weighted by Crippen LogP contribution is 1.92. The molecule has 0 aliphatic rings. The lowest BCUT2D eigenvalue weighted by molar-refractivity contribution is 1.07. The molecule has 6 nitrogen and oxygen atoms in total. The van der Waals surface area contributed by atoms with E-state index in [0.717, 1.165) is 0 Å². The normalized spacial score (nSPS) is 10.4. The fourth-order valence-corrected chi connectivity index (χ4v) is 0.499. The average Bonchev–Trinajstić information content (AvgIpc) is 2.38. The van der Waals surface area contributed by atoms with E-state index in [1.165, 1.54) is 12.5 Å². The van der Waals surface area contributed by atoms with E-state index in [1.807, 2.05) is 0 Å². The molecule has 0 bridgehead atoms. The van der Waals surface area contributed by atoms with Crippen LogP contribution in [-0.4, -0.2) is 15.8 Å². The number of nitrogens with two attached hydrogens (primary N) is 1. The Bertz CT molecular complexity index is 234. The molecule has 0 amide bonds. The number of rotatable bonds is 1. The molecule has 4 N–H and O–H groups in total. The van der Waals surface area contributed by atoms with Gasteiger partial charge in [-0.15, -0.1) is 5.11 Å². The van der Waals surface area contributed by atoms with Gasteiger partial charge >= 0.3 is 0 Å². The Balaban J connectivity index is 2.78. The van der Waals surface area contributed by atoms with Crippen molar-refractivity contribution in [3.05, 3.63) is 18.2 Å². The first-order valence-corrected chi connectivity index (χ1v) is 2.53. The highest BCUT2D eigenvalue weighted by molar-refractivity contribution is 5.94. The van der Waals surface area contributed by atoms with Gasteiger partial charge in [-0.2, -0.15) is 0 Å². The summed E-state index contributed by atoms with van der Waals surface area (Å²) in [5.74, 6) is 4.66. The maximum absolute atomic E-state index is 7.12. The molecule has 0 aliphatic heterocycles. The predicted octanol–water partition coefficient (Wildman–Crippen LogP) is 0.0610. The predicted molar refractivity (Wildman–Crippen MR) is 34.5 cm³/mol. The van der Waals surface area contributed by atoms with Crippen molar-refractivity contribution in [2.45, 2.75) is 0 Å². The molecule has 0 aromatic carbocycles. The molecule has 6 heteroatoms. The number of imidazole rings is 1. The third kappa shape index (κ3) is 1.16. The summed E-state index contributed by atoms with van der Waals surface area (Å²) >= 11 is 0. The van der Waals surface area contributed by atoms with E-state index >= 15 is 0 Å². The minimum atomic E-state index is -0.0521. The summed E-state index contributed by atoms with van der Waals surface area (Å²) < 4.78 is 0. The second-order valence-electron chi connectivity index (χ2n) is 1.52. The highest BCUT2D eigenvalue weighted by atomic mass is 15.3. The molecule has 1 aromatic rings. The van der Waals surface area contributed by atoms with Crippen molar-refractivity contribution in [3.8, 4) is 0 Å². The van der Waals surface area contributed by atoms with Crippen molar-refractivity contribution in [1.82, 2.24) is 9.97 Å². The Labute approximate surface area is 56.7 Å². The summed E-state index contributed by atoms with van der Waals surface area (Å²) in [5, 5.41) is 13.3. The van der Waals surface area contributed by atoms with Crippen LogP contribution in [0.4, 0.5) is 0 Å². The fraction of sp³-hybridized carbons (Fsp3) is 0. The van der Waals surface area contributed by atoms with Crippen LogP contribution in [0.25, 0.3) is 0 Å². The summed E-state index contributed by atoms with van der Waals surface area (Å²) in [6.07, 6.45) is 2.99. The quantitative estimate of drug-likeness (QED) is 0.168. The maximum Gasteiger partial charge on any atom is 0.196 e. The molecule has 1 rings (SSSR count). The molecule has 0 spiro atoms. The summed E-state index contributed by atoms with van der Waals surface area (Å²) in [6, 6.07) is 0. The van der Waals surface area contributed by atoms with Crippen molar-refractivity contribution in [3.63, 3.8) is 0 Å². The third-order valence-electron chi connectivity index (χ3n) is 0.899. The first-order valence-electron chi connectivity index (χ1n) is 2.53. The Morgan fingerprint density at radius 3 is 3.10 bits per heavy atom. The van der Waals surface area contributed by atoms with Crippen molar-refractivity contribution in [1.29, 1.82) is 5.41 Å². The van der Waals surface area contributed by atoms with Gasteiger partial charge in [-0.05, 0) is 0 Å². The second kappa shape index (κ2) is 2.72. The maximum atomic E-state index is 7.12. The molecule has 0 fully saturated rings. The number of hydrogen-bond donors (Lipinski definition) is 3. The lowest BCUT2D eigenvalue weighted by Gasteiger charge is -1.84. The Kier molecular flexibility index (Phi) is 1.74. The molecule has 1 heterocycles. The zero-order valence-electron chi connectivity index (χ0n) is 5.07. The molecule has 0 saturated heterocycles. The number of nitrogens with zero attached hydrogens (tertiary/aromatic N) is 3. The van der Waals surface area contributed by atoms with E-state index in [2.05, 4.69) is 20.3 Å². The van der Waals surface area contributed by atoms with Gasteiger partial charge in [0.2, 0.25) is 0 Å². The number of amidine groups is 1. The zero-order valence-corrected chi connectivity index (χ0v) is 5.07. The minimum absolute atomic E-state index is 0.0521. The molecule has 52 valence electrons. The smallest absolute Gasteiger partial charge is 0.196 e. The minimum Gasteiger partial charge on any atom is -0.350 e. The number of aromatic amines is 1. The van der Waals surface area contributed by atoms with E-state index in [9.17, 15) is 0 Å². The second-order valence-corrected chi connectivity index (χ2v) is 1.52. The van der Waals surface area contributed by atoms with Crippen LogP contribution in [-0.2, 0) is 0 Å². The van der Waals surface area contributed by atoms with E-state index < -0.39 is 0 Å². The van der Waals surface area contributed by atoms with Crippen LogP contribution in [0.15, 0.2) is 22.9 Å². The third-order valence-corrected chi connectivity index (χ3v) is 0.899. The van der Waals surface area contributed by atoms with Gasteiger partial charge in [0.15, 0.2) is 5.84 Å². The van der Waals surface area contributed by atoms with Crippen LogP contribution < -0.4 is 5.84 Å². The van der Waals surface area contributed by atoms with E-state index in [0.29, 0.717) is 5.69 Å². The van der Waals surface area contributed by atoms with E-state index in [4.69, 9.17) is 11.3 Å². The van der Waals surface area contributed by atoms with Crippen LogP contribution in [0.5, 0.6) is 0 Å². The van der Waals surface area contributed by atoms with Crippen molar-refractivity contribution >= 4 is 5.84 Å². The summed E-state index contributed by atoms with van der Waals surface area (Å²) in [5.41, 5.74) is 0.425. The molecular formula is C4H6N6. The van der Waals surface area contributed by atoms with Crippen molar-refractivity contribution in [2.24, 2.45) is 16.2 Å². The van der Waals surface area contributed by atoms with Crippen molar-refractivity contribution < 1.29 is 0 Å². The van der Waals surface area contributed by atoms with Crippen molar-refractivity contribution in [2.75, 3.05) is 0 Å². The molecule has 1 aromatic heterocycles. The molecule has 0 unspecified atom stereocenters. The number of nitrogens with one attached hydrogen (secondary N) is 2. The summed E-state index contributed by atoms with van der Waals surface area (Å²) in [6.45, 7) is 0. The van der Waals surface area contributed by atoms with E-state index in [1.54, 1.807) is 0 Å². The summed E-state index contributed by atoms with van der Waals surface area (Å²) in [4.78, 5) is 6.42. The van der Waals surface area contributed by atoms with Crippen LogP contribution in [0, 0.1) is 5.41 Å². The Morgan fingerprint density at radius 2 is 2.60 bits per heavy atom. The van der Waals surface area contributed by atoms with E-state index in [-0.39, 0.29) is 5.84 Å². The molecular weight excluding hydrogens is 132 g/mol. The Hall–Kier alpha value is -1.72. The highest BCUT2D eigenvalue weighted by Gasteiger charge is 1.99. The molecule has 0 saturated carbocycles. The number of aromatic nitrogens is 2. The van der Waals surface area contributed by atoms with Gasteiger partial charge in [0.05, 0.1) is 6.33 Å². The first kappa shape index (κ1) is 6.40. The fourth-order valence-electron chi connectivity index (χ4n) is 0.499. The topological polar surface area (TPSA) is 103 Å². The standard InChI is InChI=1S/C4H6N6/c5-4(9-10-6)3-1-7-2-8-3/h1-2H,(H,7,8)(H3,5,6,9). The average molecular weight is 138 g/mol. The molecule has 0 radical (unpaired) electrons. The van der Waals surface area contributed by atoms with Gasteiger partial charge in [0, 0.05) is 6.20 Å². The van der Waals surface area contributed by atoms with Crippen LogP contribution >= 0.6 is 0 Å². The van der Waals surface area contributed by atoms with Gasteiger partial charge in [-0.1, -0.05) is 5.22 Å². The van der Waals surface area contributed by atoms with Crippen LogP contribution in [0.2, 0.25) is 0 Å². The van der Waals surface area contributed by atoms with Crippen LogP contribution in [0.3, 0.4) is 0 Å². The lowest BCUT2D eigenvalue weighted by atomic mass is 10.4. The van der Waals surface area contributed by atoms with Gasteiger partial charge in [0.1, 0.15) is 5.69 Å². The van der Waals surface area contributed by atoms with Crippen LogP contribution in [0.1, 0.15) is 5.69 Å². The molecule has 0 atom stereocenters. The zero-order chi connectivity index (χ0) is 7.40.